The Balaban J connectivity index is 2.36. The molecule has 0 saturated heterocycles. The van der Waals surface area contributed by atoms with Gasteiger partial charge in [0.25, 0.3) is 5.91 Å². The van der Waals surface area contributed by atoms with Crippen molar-refractivity contribution in [2.24, 2.45) is 0 Å². The first-order valence-electron chi connectivity index (χ1n) is 6.47. The minimum absolute atomic E-state index is 0.145. The zero-order valence-corrected chi connectivity index (χ0v) is 11.9. The monoisotopic (exact) mass is 284 g/mol. The van der Waals surface area contributed by atoms with Crippen molar-refractivity contribution in [3.63, 3.8) is 0 Å². The van der Waals surface area contributed by atoms with Gasteiger partial charge < -0.3 is 4.74 Å². The van der Waals surface area contributed by atoms with Crippen molar-refractivity contribution in [2.45, 2.75) is 6.92 Å². The van der Waals surface area contributed by atoms with Crippen LogP contribution >= 0.6 is 0 Å². The SMILES string of the molecule is COC(=O)CN(C(=O)c1cccnc1)c1cccc(C)c1. The van der Waals surface area contributed by atoms with Gasteiger partial charge in [0.05, 0.1) is 12.7 Å². The molecule has 0 fully saturated rings. The first-order valence-corrected chi connectivity index (χ1v) is 6.47. The van der Waals surface area contributed by atoms with Crippen molar-refractivity contribution in [3.05, 3.63) is 59.9 Å². The first kappa shape index (κ1) is 14.7. The van der Waals surface area contributed by atoms with Crippen molar-refractivity contribution in [1.82, 2.24) is 4.98 Å². The molecule has 2 aromatic rings. The van der Waals surface area contributed by atoms with Gasteiger partial charge in [-0.25, -0.2) is 0 Å². The first-order chi connectivity index (χ1) is 10.1. The number of methoxy groups -OCH3 is 1. The van der Waals surface area contributed by atoms with Crippen molar-refractivity contribution >= 4 is 17.6 Å². The number of ether oxygens (including phenoxy) is 1. The fourth-order valence-corrected chi connectivity index (χ4v) is 1.91. The molecule has 0 atom stereocenters. The van der Waals surface area contributed by atoms with Gasteiger partial charge in [-0.15, -0.1) is 0 Å². The number of hydrogen-bond acceptors (Lipinski definition) is 4. The summed E-state index contributed by atoms with van der Waals surface area (Å²) in [4.78, 5) is 29.5. The van der Waals surface area contributed by atoms with E-state index in [-0.39, 0.29) is 12.5 Å². The van der Waals surface area contributed by atoms with E-state index in [9.17, 15) is 9.59 Å². The zero-order valence-electron chi connectivity index (χ0n) is 11.9. The van der Waals surface area contributed by atoms with Gasteiger partial charge >= 0.3 is 5.97 Å². The minimum Gasteiger partial charge on any atom is -0.468 e. The Labute approximate surface area is 123 Å². The number of aryl methyl sites for hydroxylation is 1. The molecule has 0 aliphatic heterocycles. The molecular formula is C16H16N2O3. The highest BCUT2D eigenvalue weighted by Gasteiger charge is 2.21. The predicted octanol–water partition coefficient (Wildman–Crippen LogP) is 2.21. The summed E-state index contributed by atoms with van der Waals surface area (Å²) in [5.74, 6) is -0.771. The Hall–Kier alpha value is -2.69. The third-order valence-electron chi connectivity index (χ3n) is 2.98. The van der Waals surface area contributed by atoms with E-state index in [1.807, 2.05) is 25.1 Å². The standard InChI is InChI=1S/C16H16N2O3/c1-12-5-3-7-14(9-12)18(11-15(19)21-2)16(20)13-6-4-8-17-10-13/h3-10H,11H2,1-2H3. The number of anilines is 1. The maximum Gasteiger partial charge on any atom is 0.325 e. The Bertz CT molecular complexity index is 641. The normalized spacial score (nSPS) is 10.0. The topological polar surface area (TPSA) is 59.5 Å². The van der Waals surface area contributed by atoms with Crippen LogP contribution in [0.15, 0.2) is 48.8 Å². The molecule has 1 aromatic heterocycles. The van der Waals surface area contributed by atoms with E-state index >= 15 is 0 Å². The molecule has 21 heavy (non-hydrogen) atoms. The van der Waals surface area contributed by atoms with Gasteiger partial charge in [-0.2, -0.15) is 0 Å². The second kappa shape index (κ2) is 6.65. The van der Waals surface area contributed by atoms with Crippen LogP contribution in [0.1, 0.15) is 15.9 Å². The third-order valence-corrected chi connectivity index (χ3v) is 2.98. The Kier molecular flexibility index (Phi) is 4.66. The smallest absolute Gasteiger partial charge is 0.325 e. The van der Waals surface area contributed by atoms with Gasteiger partial charge in [-0.05, 0) is 36.8 Å². The van der Waals surface area contributed by atoms with Crippen molar-refractivity contribution < 1.29 is 14.3 Å². The molecule has 0 aliphatic carbocycles. The quantitative estimate of drug-likeness (QED) is 0.808. The number of pyridine rings is 1. The molecule has 0 spiro atoms. The highest BCUT2D eigenvalue weighted by Crippen LogP contribution is 2.18. The molecule has 0 unspecified atom stereocenters. The predicted molar refractivity (Wildman–Crippen MR) is 79.1 cm³/mol. The van der Waals surface area contributed by atoms with Crippen LogP contribution in [0.5, 0.6) is 0 Å². The lowest BCUT2D eigenvalue weighted by Gasteiger charge is -2.22. The summed E-state index contributed by atoms with van der Waals surface area (Å²) in [7, 11) is 1.30. The van der Waals surface area contributed by atoms with E-state index in [0.717, 1.165) is 5.56 Å². The van der Waals surface area contributed by atoms with E-state index in [2.05, 4.69) is 9.72 Å². The Morgan fingerprint density at radius 3 is 2.67 bits per heavy atom. The molecule has 1 heterocycles. The average molecular weight is 284 g/mol. The van der Waals surface area contributed by atoms with Gasteiger partial charge in [0.15, 0.2) is 0 Å². The van der Waals surface area contributed by atoms with E-state index in [1.54, 1.807) is 24.4 Å². The number of esters is 1. The van der Waals surface area contributed by atoms with Crippen LogP contribution in [0.2, 0.25) is 0 Å². The summed E-state index contributed by atoms with van der Waals surface area (Å²) < 4.78 is 4.67. The molecule has 1 amide bonds. The summed E-state index contributed by atoms with van der Waals surface area (Å²) in [6.45, 7) is 1.78. The van der Waals surface area contributed by atoms with Gasteiger partial charge in [0.1, 0.15) is 6.54 Å². The van der Waals surface area contributed by atoms with Crippen LogP contribution < -0.4 is 4.90 Å². The molecule has 1 aromatic carbocycles. The summed E-state index contributed by atoms with van der Waals surface area (Å²) in [5.41, 5.74) is 2.07. The molecule has 0 N–H and O–H groups in total. The van der Waals surface area contributed by atoms with Crippen LogP contribution in [-0.4, -0.2) is 30.5 Å². The third kappa shape index (κ3) is 3.66. The lowest BCUT2D eigenvalue weighted by Crippen LogP contribution is -2.36. The fraction of sp³-hybridized carbons (Fsp3) is 0.188. The molecule has 5 heteroatoms. The van der Waals surface area contributed by atoms with Crippen molar-refractivity contribution in [3.8, 4) is 0 Å². The highest BCUT2D eigenvalue weighted by molar-refractivity contribution is 6.08. The van der Waals surface area contributed by atoms with E-state index in [0.29, 0.717) is 11.3 Å². The number of carbonyl (C=O) groups is 2. The number of nitrogens with zero attached hydrogens (tertiary/aromatic N) is 2. The molecule has 0 bridgehead atoms. The van der Waals surface area contributed by atoms with Crippen LogP contribution in [0.25, 0.3) is 0 Å². The number of rotatable bonds is 4. The molecule has 0 radical (unpaired) electrons. The van der Waals surface area contributed by atoms with Gasteiger partial charge in [-0.3, -0.25) is 19.5 Å². The molecule has 0 aliphatic rings. The Morgan fingerprint density at radius 1 is 1.24 bits per heavy atom. The van der Waals surface area contributed by atoms with Crippen LogP contribution in [0.3, 0.4) is 0 Å². The van der Waals surface area contributed by atoms with Crippen LogP contribution in [0, 0.1) is 6.92 Å². The van der Waals surface area contributed by atoms with Gasteiger partial charge in [-0.1, -0.05) is 12.1 Å². The van der Waals surface area contributed by atoms with Gasteiger partial charge in [0, 0.05) is 18.1 Å². The second-order valence-electron chi connectivity index (χ2n) is 4.55. The number of hydrogen-bond donors (Lipinski definition) is 0. The number of carbonyl (C=O) groups excluding carboxylic acids is 2. The van der Waals surface area contributed by atoms with Crippen molar-refractivity contribution in [1.29, 1.82) is 0 Å². The summed E-state index contributed by atoms with van der Waals surface area (Å²) in [5, 5.41) is 0. The second-order valence-corrected chi connectivity index (χ2v) is 4.55. The molecule has 2 rings (SSSR count). The highest BCUT2D eigenvalue weighted by atomic mass is 16.5. The van der Waals surface area contributed by atoms with Gasteiger partial charge in [0.2, 0.25) is 0 Å². The van der Waals surface area contributed by atoms with E-state index in [4.69, 9.17) is 0 Å². The van der Waals surface area contributed by atoms with Crippen LogP contribution in [0.4, 0.5) is 5.69 Å². The number of benzene rings is 1. The fourth-order valence-electron chi connectivity index (χ4n) is 1.91. The molecule has 108 valence electrons. The summed E-state index contributed by atoms with van der Waals surface area (Å²) in [6, 6.07) is 10.7. The summed E-state index contributed by atoms with van der Waals surface area (Å²) >= 11 is 0. The largest absolute Gasteiger partial charge is 0.468 e. The maximum atomic E-state index is 12.6. The average Bonchev–Trinajstić information content (AvgIpc) is 2.52. The maximum absolute atomic E-state index is 12.6. The Morgan fingerprint density at radius 2 is 2.05 bits per heavy atom. The minimum atomic E-state index is -0.478. The molecule has 0 saturated carbocycles. The summed E-state index contributed by atoms with van der Waals surface area (Å²) in [6.07, 6.45) is 3.07. The zero-order chi connectivity index (χ0) is 15.2. The lowest BCUT2D eigenvalue weighted by molar-refractivity contribution is -0.138. The molecule has 5 nitrogen and oxygen atoms in total. The number of amides is 1. The van der Waals surface area contributed by atoms with E-state index < -0.39 is 5.97 Å². The number of aromatic nitrogens is 1. The molecular weight excluding hydrogens is 268 g/mol. The van der Waals surface area contributed by atoms with Crippen LogP contribution in [-0.2, 0) is 9.53 Å². The van der Waals surface area contributed by atoms with Crippen molar-refractivity contribution in [2.75, 3.05) is 18.6 Å². The lowest BCUT2D eigenvalue weighted by atomic mass is 10.1. The van der Waals surface area contributed by atoms with E-state index in [1.165, 1.54) is 18.2 Å².